The minimum Gasteiger partial charge on any atom is -0.394 e. The predicted molar refractivity (Wildman–Crippen MR) is 115 cm³/mol. The smallest absolute Gasteiger partial charge is 0.274 e. The normalized spacial score (nSPS) is 24.9. The lowest BCUT2D eigenvalue weighted by Gasteiger charge is -2.36. The highest BCUT2D eigenvalue weighted by atomic mass is 127. The van der Waals surface area contributed by atoms with Gasteiger partial charge in [0.25, 0.3) is 5.69 Å². The van der Waals surface area contributed by atoms with E-state index in [-0.39, 0.29) is 17.9 Å². The Morgan fingerprint density at radius 2 is 2.23 bits per heavy atom. The van der Waals surface area contributed by atoms with Crippen molar-refractivity contribution >= 4 is 45.3 Å². The molecule has 2 aromatic heterocycles. The first-order valence-electron chi connectivity index (χ1n) is 9.13. The molecule has 0 saturated carbocycles. The molecule has 1 unspecified atom stereocenters. The Labute approximate surface area is 184 Å². The number of benzene rings is 1. The number of nitrogens with two attached hydrogens (primary N) is 1. The van der Waals surface area contributed by atoms with E-state index in [2.05, 4.69) is 15.0 Å². The Bertz CT molecular complexity index is 1120. The van der Waals surface area contributed by atoms with Crippen LogP contribution in [-0.4, -0.2) is 53.5 Å². The molecule has 1 aliphatic heterocycles. The molecule has 0 spiro atoms. The topological polar surface area (TPSA) is 162 Å². The summed E-state index contributed by atoms with van der Waals surface area (Å²) >= 11 is 2.01. The third kappa shape index (κ3) is 3.19. The summed E-state index contributed by atoms with van der Waals surface area (Å²) in [5.41, 5.74) is 5.71. The molecule has 4 N–H and O–H groups in total. The van der Waals surface area contributed by atoms with Gasteiger partial charge >= 0.3 is 0 Å². The van der Waals surface area contributed by atoms with Gasteiger partial charge in [0.1, 0.15) is 17.9 Å². The summed E-state index contributed by atoms with van der Waals surface area (Å²) in [7, 11) is 0. The number of nitro groups is 1. The summed E-state index contributed by atoms with van der Waals surface area (Å²) in [4.78, 5) is 23.8. The minimum absolute atomic E-state index is 0.0575. The molecule has 11 nitrogen and oxygen atoms in total. The zero-order valence-electron chi connectivity index (χ0n) is 15.8. The van der Waals surface area contributed by atoms with Crippen molar-refractivity contribution in [2.45, 2.75) is 37.2 Å². The van der Waals surface area contributed by atoms with Crippen LogP contribution in [0.1, 0.15) is 24.8 Å². The molecule has 3 aromatic rings. The van der Waals surface area contributed by atoms with Crippen LogP contribution < -0.4 is 5.73 Å². The molecule has 1 fully saturated rings. The highest BCUT2D eigenvalue weighted by Crippen LogP contribution is 2.48. The van der Waals surface area contributed by atoms with E-state index in [1.807, 2.05) is 22.6 Å². The highest BCUT2D eigenvalue weighted by molar-refractivity contribution is 14.1. The number of rotatable bonds is 5. The van der Waals surface area contributed by atoms with Crippen LogP contribution in [0.3, 0.4) is 0 Å². The maximum atomic E-state index is 11.7. The second kappa shape index (κ2) is 7.68. The molecule has 0 amide bonds. The lowest BCUT2D eigenvalue weighted by atomic mass is 9.86. The highest BCUT2D eigenvalue weighted by Gasteiger charge is 2.53. The Morgan fingerprint density at radius 1 is 1.47 bits per heavy atom. The number of anilines is 1. The van der Waals surface area contributed by atoms with Crippen molar-refractivity contribution in [3.63, 3.8) is 0 Å². The van der Waals surface area contributed by atoms with Crippen LogP contribution in [0.15, 0.2) is 30.9 Å². The van der Waals surface area contributed by atoms with Gasteiger partial charge in [0.2, 0.25) is 0 Å². The molecule has 0 bridgehead atoms. The number of hydrogen-bond donors (Lipinski definition) is 3. The fourth-order valence-corrected chi connectivity index (χ4v) is 4.51. The van der Waals surface area contributed by atoms with Gasteiger partial charge in [0.15, 0.2) is 17.2 Å². The number of halogens is 1. The van der Waals surface area contributed by atoms with Crippen LogP contribution in [0.4, 0.5) is 11.5 Å². The number of nitrogen functional groups attached to an aromatic ring is 1. The first kappa shape index (κ1) is 20.8. The zero-order chi connectivity index (χ0) is 21.6. The number of aromatic nitrogens is 4. The van der Waals surface area contributed by atoms with Gasteiger partial charge in [-0.1, -0.05) is 13.0 Å². The van der Waals surface area contributed by atoms with Gasteiger partial charge in [0, 0.05) is 27.5 Å². The lowest BCUT2D eigenvalue weighted by Crippen LogP contribution is -2.39. The molecule has 1 aromatic carbocycles. The van der Waals surface area contributed by atoms with Crippen LogP contribution in [0.25, 0.3) is 11.2 Å². The first-order chi connectivity index (χ1) is 14.3. The predicted octanol–water partition coefficient (Wildman–Crippen LogP) is 1.52. The van der Waals surface area contributed by atoms with Crippen LogP contribution in [-0.2, 0) is 10.5 Å². The van der Waals surface area contributed by atoms with E-state index in [0.717, 1.165) is 3.57 Å². The molecule has 0 aliphatic carbocycles. The van der Waals surface area contributed by atoms with Crippen molar-refractivity contribution in [3.05, 3.63) is 50.1 Å². The average Bonchev–Trinajstić information content (AvgIpc) is 3.30. The maximum absolute atomic E-state index is 11.7. The van der Waals surface area contributed by atoms with Crippen molar-refractivity contribution in [1.82, 2.24) is 19.5 Å². The Balaban J connectivity index is 1.94. The molecule has 158 valence electrons. The first-order valence-corrected chi connectivity index (χ1v) is 10.2. The number of aliphatic hydroxyl groups excluding tert-OH is 2. The third-order valence-corrected chi connectivity index (χ3v) is 6.24. The fourth-order valence-electron chi connectivity index (χ4n) is 4.04. The Morgan fingerprint density at radius 3 is 2.90 bits per heavy atom. The number of nitro benzene ring substituents is 1. The van der Waals surface area contributed by atoms with Crippen LogP contribution >= 0.6 is 22.6 Å². The van der Waals surface area contributed by atoms with Gasteiger partial charge in [0.05, 0.1) is 24.0 Å². The van der Waals surface area contributed by atoms with Crippen molar-refractivity contribution in [3.8, 4) is 0 Å². The van der Waals surface area contributed by atoms with Gasteiger partial charge in [-0.05, 0) is 28.7 Å². The summed E-state index contributed by atoms with van der Waals surface area (Å²) < 4.78 is 8.52. The van der Waals surface area contributed by atoms with E-state index < -0.39 is 35.4 Å². The van der Waals surface area contributed by atoms with Crippen molar-refractivity contribution in [2.24, 2.45) is 0 Å². The summed E-state index contributed by atoms with van der Waals surface area (Å²) in [6, 6.07) is 4.94. The van der Waals surface area contributed by atoms with Gasteiger partial charge < -0.3 is 20.7 Å². The average molecular weight is 526 g/mol. The van der Waals surface area contributed by atoms with Gasteiger partial charge in [-0.25, -0.2) is 15.0 Å². The van der Waals surface area contributed by atoms with E-state index >= 15 is 0 Å². The number of fused-ring (bicyclic) bond motifs is 1. The maximum Gasteiger partial charge on any atom is 0.274 e. The van der Waals surface area contributed by atoms with E-state index in [4.69, 9.17) is 10.5 Å². The van der Waals surface area contributed by atoms with E-state index in [1.165, 1.54) is 18.7 Å². The fraction of sp³-hybridized carbons (Fsp3) is 0.389. The van der Waals surface area contributed by atoms with E-state index in [9.17, 15) is 20.3 Å². The van der Waals surface area contributed by atoms with Crippen LogP contribution in [0, 0.1) is 13.7 Å². The van der Waals surface area contributed by atoms with E-state index in [0.29, 0.717) is 16.7 Å². The van der Waals surface area contributed by atoms with Crippen molar-refractivity contribution in [2.75, 3.05) is 12.3 Å². The number of aliphatic hydroxyl groups is 2. The standard InChI is InChI=1S/C18H19IN6O5/c1-9(11-3-2-10(19)4-12(11)25(28)29)18(5-13(27)14(6-26)30-18)24-8-23-15-16(20)21-7-22-17(15)24/h2-4,7-9,13-14,26-27H,5-6H2,1H3,(H2,20,21,22)/t9?,13-,14+,18-/m0/s1. The quantitative estimate of drug-likeness (QED) is 0.254. The monoisotopic (exact) mass is 526 g/mol. The number of hydrogen-bond acceptors (Lipinski definition) is 9. The van der Waals surface area contributed by atoms with Crippen LogP contribution in [0.2, 0.25) is 0 Å². The molecule has 0 radical (unpaired) electrons. The Kier molecular flexibility index (Phi) is 5.34. The molecule has 1 saturated heterocycles. The largest absolute Gasteiger partial charge is 0.394 e. The second-order valence-electron chi connectivity index (χ2n) is 7.18. The van der Waals surface area contributed by atoms with E-state index in [1.54, 1.807) is 23.6 Å². The second-order valence-corrected chi connectivity index (χ2v) is 8.43. The molecular formula is C18H19IN6O5. The van der Waals surface area contributed by atoms with Gasteiger partial charge in [-0.3, -0.25) is 14.7 Å². The zero-order valence-corrected chi connectivity index (χ0v) is 18.0. The summed E-state index contributed by atoms with van der Waals surface area (Å²) in [5, 5.41) is 32.0. The molecule has 3 heterocycles. The van der Waals surface area contributed by atoms with Gasteiger partial charge in [-0.15, -0.1) is 0 Å². The molecule has 30 heavy (non-hydrogen) atoms. The number of imidazole rings is 1. The summed E-state index contributed by atoms with van der Waals surface area (Å²) in [6.07, 6.45) is 0.968. The summed E-state index contributed by atoms with van der Waals surface area (Å²) in [5.74, 6) is -0.422. The molecule has 4 rings (SSSR count). The molecular weight excluding hydrogens is 507 g/mol. The number of nitrogens with zero attached hydrogens (tertiary/aromatic N) is 5. The van der Waals surface area contributed by atoms with Gasteiger partial charge in [-0.2, -0.15) is 0 Å². The SMILES string of the molecule is CC(c1ccc(I)cc1[N+](=O)[O-])[C@]1(n2cnc3c(N)ncnc32)C[C@H](O)[C@@H](CO)O1. The molecule has 4 atom stereocenters. The Hall–Kier alpha value is -2.42. The summed E-state index contributed by atoms with van der Waals surface area (Å²) in [6.45, 7) is 1.37. The van der Waals surface area contributed by atoms with Crippen LogP contribution in [0.5, 0.6) is 0 Å². The molecule has 12 heteroatoms. The minimum atomic E-state index is -1.29. The molecule has 1 aliphatic rings. The van der Waals surface area contributed by atoms with Crippen molar-refractivity contribution in [1.29, 1.82) is 0 Å². The van der Waals surface area contributed by atoms with Crippen molar-refractivity contribution < 1.29 is 19.9 Å². The third-order valence-electron chi connectivity index (χ3n) is 5.57. The lowest BCUT2D eigenvalue weighted by molar-refractivity contribution is -0.386. The number of ether oxygens (including phenoxy) is 1.